The van der Waals surface area contributed by atoms with Crippen LogP contribution >= 0.6 is 0 Å². The second-order valence-corrected chi connectivity index (χ2v) is 5.75. The molecule has 2 saturated carbocycles. The van der Waals surface area contributed by atoms with Crippen LogP contribution < -0.4 is 5.48 Å². The fraction of sp³-hybridized carbons (Fsp3) is 0.909. The molecule has 1 amide bonds. The first-order valence-electron chi connectivity index (χ1n) is 5.59. The molecule has 3 fully saturated rings. The summed E-state index contributed by atoms with van der Waals surface area (Å²) in [5.41, 5.74) is 1.05. The van der Waals surface area contributed by atoms with Gasteiger partial charge in [-0.25, -0.2) is 5.48 Å². The number of rotatable bonds is 1. The van der Waals surface area contributed by atoms with E-state index in [9.17, 15) is 4.79 Å². The normalized spacial score (nSPS) is 56.1. The van der Waals surface area contributed by atoms with Gasteiger partial charge in [-0.05, 0) is 25.2 Å². The summed E-state index contributed by atoms with van der Waals surface area (Å²) in [4.78, 5) is 11.8. The average Bonchev–Trinajstić information content (AvgIpc) is 2.70. The average molecular weight is 211 g/mol. The lowest BCUT2D eigenvalue weighted by Crippen LogP contribution is -2.54. The summed E-state index contributed by atoms with van der Waals surface area (Å²) in [6.45, 7) is 5.02. The Morgan fingerprint density at radius 2 is 2.27 bits per heavy atom. The summed E-state index contributed by atoms with van der Waals surface area (Å²) in [5.74, 6) is 0.226. The lowest BCUT2D eigenvalue weighted by Gasteiger charge is -2.39. The predicted octanol–water partition coefficient (Wildman–Crippen LogP) is 1.09. The van der Waals surface area contributed by atoms with Crippen molar-refractivity contribution in [2.24, 2.45) is 16.7 Å². The molecule has 3 aliphatic rings. The zero-order valence-electron chi connectivity index (χ0n) is 9.17. The molecule has 0 aromatic carbocycles. The number of hydrogen-bond acceptors (Lipinski definition) is 3. The highest BCUT2D eigenvalue weighted by Crippen LogP contribution is 2.74. The van der Waals surface area contributed by atoms with E-state index in [1.54, 1.807) is 5.48 Å². The van der Waals surface area contributed by atoms with E-state index in [4.69, 9.17) is 9.94 Å². The Balaban J connectivity index is 2.12. The Hall–Kier alpha value is -0.610. The summed E-state index contributed by atoms with van der Waals surface area (Å²) < 4.78 is 5.76. The molecule has 2 N–H and O–H groups in total. The maximum atomic E-state index is 11.8. The molecule has 4 nitrogen and oxygen atoms in total. The molecule has 0 spiro atoms. The van der Waals surface area contributed by atoms with Crippen LogP contribution in [0.25, 0.3) is 0 Å². The van der Waals surface area contributed by atoms with Crippen LogP contribution in [-0.2, 0) is 9.53 Å². The number of carbonyl (C=O) groups excluding carboxylic acids is 1. The quantitative estimate of drug-likeness (QED) is 0.504. The minimum absolute atomic E-state index is 0.0997. The Labute approximate surface area is 88.9 Å². The highest BCUT2D eigenvalue weighted by molar-refractivity contribution is 5.87. The van der Waals surface area contributed by atoms with E-state index in [1.807, 2.05) is 0 Å². The van der Waals surface area contributed by atoms with Crippen LogP contribution in [0.1, 0.15) is 33.1 Å². The molecule has 1 saturated heterocycles. The topological polar surface area (TPSA) is 58.6 Å². The fourth-order valence-corrected chi connectivity index (χ4v) is 4.35. The van der Waals surface area contributed by atoms with Crippen LogP contribution in [0.3, 0.4) is 0 Å². The smallest absolute Gasteiger partial charge is 0.276 e. The van der Waals surface area contributed by atoms with Gasteiger partial charge in [-0.2, -0.15) is 0 Å². The lowest BCUT2D eigenvalue weighted by molar-refractivity contribution is -0.164. The summed E-state index contributed by atoms with van der Waals surface area (Å²) in [7, 11) is 0. The zero-order chi connectivity index (χ0) is 10.9. The van der Waals surface area contributed by atoms with Crippen LogP contribution in [0, 0.1) is 16.7 Å². The maximum absolute atomic E-state index is 11.8. The van der Waals surface area contributed by atoms with Crippen molar-refractivity contribution in [3.05, 3.63) is 0 Å². The van der Waals surface area contributed by atoms with Gasteiger partial charge in [0.2, 0.25) is 0 Å². The summed E-state index contributed by atoms with van der Waals surface area (Å²) in [6.07, 6.45) is 2.99. The van der Waals surface area contributed by atoms with E-state index in [-0.39, 0.29) is 16.7 Å². The Kier molecular flexibility index (Phi) is 1.52. The van der Waals surface area contributed by atoms with Gasteiger partial charge in [0, 0.05) is 10.8 Å². The molecule has 1 aliphatic heterocycles. The lowest BCUT2D eigenvalue weighted by atomic mass is 9.66. The first kappa shape index (κ1) is 9.60. The van der Waals surface area contributed by atoms with Gasteiger partial charge in [0.25, 0.3) is 5.91 Å². The van der Waals surface area contributed by atoms with Gasteiger partial charge >= 0.3 is 0 Å². The van der Waals surface area contributed by atoms with Crippen molar-refractivity contribution in [1.29, 1.82) is 0 Å². The van der Waals surface area contributed by atoms with Crippen molar-refractivity contribution in [2.75, 3.05) is 6.61 Å². The maximum Gasteiger partial charge on any atom is 0.276 e. The number of hydrogen-bond donors (Lipinski definition) is 2. The van der Waals surface area contributed by atoms with Gasteiger partial charge in [-0.1, -0.05) is 13.8 Å². The van der Waals surface area contributed by atoms with Gasteiger partial charge in [-0.15, -0.1) is 0 Å². The second-order valence-electron chi connectivity index (χ2n) is 5.75. The van der Waals surface area contributed by atoms with Gasteiger partial charge in [0.05, 0.1) is 6.61 Å². The third-order valence-electron chi connectivity index (χ3n) is 5.67. The van der Waals surface area contributed by atoms with Gasteiger partial charge < -0.3 is 4.74 Å². The van der Waals surface area contributed by atoms with Crippen molar-refractivity contribution in [3.63, 3.8) is 0 Å². The molecule has 4 atom stereocenters. The summed E-state index contributed by atoms with van der Waals surface area (Å²) >= 11 is 0. The monoisotopic (exact) mass is 211 g/mol. The number of hydroxylamine groups is 1. The summed E-state index contributed by atoms with van der Waals surface area (Å²) in [6, 6.07) is 0. The van der Waals surface area contributed by atoms with Crippen molar-refractivity contribution >= 4 is 5.91 Å². The Bertz CT molecular complexity index is 345. The van der Waals surface area contributed by atoms with Crippen LogP contribution in [0.4, 0.5) is 0 Å². The van der Waals surface area contributed by atoms with Crippen LogP contribution in [0.15, 0.2) is 0 Å². The molecule has 84 valence electrons. The molecule has 4 bridgehead atoms. The molecule has 0 aromatic heterocycles. The van der Waals surface area contributed by atoms with E-state index in [1.165, 1.54) is 6.42 Å². The molecule has 0 aromatic rings. The second kappa shape index (κ2) is 2.38. The first-order valence-corrected chi connectivity index (χ1v) is 5.59. The molecular formula is C11H17NO3. The van der Waals surface area contributed by atoms with Gasteiger partial charge in [0.1, 0.15) is 0 Å². The van der Waals surface area contributed by atoms with Gasteiger partial charge in [-0.3, -0.25) is 10.0 Å². The van der Waals surface area contributed by atoms with Crippen molar-refractivity contribution in [3.8, 4) is 0 Å². The fourth-order valence-electron chi connectivity index (χ4n) is 4.35. The van der Waals surface area contributed by atoms with E-state index < -0.39 is 5.60 Å². The number of ether oxygens (including phenoxy) is 1. The Morgan fingerprint density at radius 1 is 1.53 bits per heavy atom. The molecule has 2 aliphatic carbocycles. The number of nitrogens with one attached hydrogen (secondary N) is 1. The highest BCUT2D eigenvalue weighted by Gasteiger charge is 2.78. The SMILES string of the molecule is CC12COC3(C(=O)NO)CC1CCC32C. The predicted molar refractivity (Wildman–Crippen MR) is 52.2 cm³/mol. The molecule has 0 radical (unpaired) electrons. The summed E-state index contributed by atoms with van der Waals surface area (Å²) in [5, 5.41) is 8.86. The van der Waals surface area contributed by atoms with Crippen LogP contribution in [0.2, 0.25) is 0 Å². The van der Waals surface area contributed by atoms with Crippen molar-refractivity contribution in [1.82, 2.24) is 5.48 Å². The number of amides is 1. The van der Waals surface area contributed by atoms with E-state index in [0.717, 1.165) is 12.8 Å². The standard InChI is InChI=1S/C11H17NO3/c1-9-6-15-11(8(13)12-14)5-7(9)3-4-10(9,11)2/h7,14H,3-6H2,1-2H3,(H,12,13). The third-order valence-corrected chi connectivity index (χ3v) is 5.67. The van der Waals surface area contributed by atoms with Crippen molar-refractivity contribution in [2.45, 2.75) is 38.7 Å². The number of carbonyl (C=O) groups is 1. The molecular weight excluding hydrogens is 194 g/mol. The Morgan fingerprint density at radius 3 is 2.80 bits per heavy atom. The third kappa shape index (κ3) is 0.712. The molecule has 3 rings (SSSR count). The molecule has 4 heteroatoms. The van der Waals surface area contributed by atoms with E-state index in [2.05, 4.69) is 13.8 Å². The molecule has 15 heavy (non-hydrogen) atoms. The zero-order valence-corrected chi connectivity index (χ0v) is 9.17. The molecule has 4 unspecified atom stereocenters. The van der Waals surface area contributed by atoms with Crippen LogP contribution in [-0.4, -0.2) is 23.3 Å². The highest BCUT2D eigenvalue weighted by atomic mass is 16.5. The first-order chi connectivity index (χ1) is 7.00. The van der Waals surface area contributed by atoms with E-state index in [0.29, 0.717) is 12.5 Å². The minimum atomic E-state index is -0.764. The minimum Gasteiger partial charge on any atom is -0.364 e. The van der Waals surface area contributed by atoms with Crippen LogP contribution in [0.5, 0.6) is 0 Å². The van der Waals surface area contributed by atoms with E-state index >= 15 is 0 Å². The van der Waals surface area contributed by atoms with Crippen molar-refractivity contribution < 1.29 is 14.7 Å². The van der Waals surface area contributed by atoms with Gasteiger partial charge in [0.15, 0.2) is 5.60 Å². The molecule has 1 heterocycles. The largest absolute Gasteiger partial charge is 0.364 e.